The predicted octanol–water partition coefficient (Wildman–Crippen LogP) is 4.24. The number of aromatic nitrogens is 2. The molecule has 1 fully saturated rings. The van der Waals surface area contributed by atoms with Crippen LogP contribution in [0.3, 0.4) is 0 Å². The van der Waals surface area contributed by atoms with Crippen molar-refractivity contribution in [1.82, 2.24) is 9.78 Å². The van der Waals surface area contributed by atoms with Gasteiger partial charge in [0.1, 0.15) is 0 Å². The highest BCUT2D eigenvalue weighted by Crippen LogP contribution is 2.35. The van der Waals surface area contributed by atoms with E-state index in [0.29, 0.717) is 5.92 Å². The van der Waals surface area contributed by atoms with Gasteiger partial charge in [-0.25, -0.2) is 0 Å². The molecule has 1 aliphatic carbocycles. The first-order valence-corrected chi connectivity index (χ1v) is 8.90. The van der Waals surface area contributed by atoms with Gasteiger partial charge in [-0.05, 0) is 50.9 Å². The molecule has 1 saturated carbocycles. The molecule has 0 aromatic carbocycles. The van der Waals surface area contributed by atoms with Crippen LogP contribution < -0.4 is 0 Å². The maximum Gasteiger partial charge on any atom is 0.0849 e. The number of aliphatic hydroxyl groups is 1. The van der Waals surface area contributed by atoms with Crippen molar-refractivity contribution in [2.24, 2.45) is 11.8 Å². The Morgan fingerprint density at radius 2 is 2.05 bits per heavy atom. The van der Waals surface area contributed by atoms with E-state index in [1.807, 2.05) is 4.68 Å². The van der Waals surface area contributed by atoms with Crippen molar-refractivity contribution in [2.75, 3.05) is 0 Å². The van der Waals surface area contributed by atoms with E-state index < -0.39 is 0 Å². The Morgan fingerprint density at radius 1 is 1.29 bits per heavy atom. The molecular weight excluding hydrogens is 284 g/mol. The van der Waals surface area contributed by atoms with Crippen LogP contribution in [0.15, 0.2) is 0 Å². The van der Waals surface area contributed by atoms with Crippen LogP contribution in [-0.2, 0) is 19.4 Å². The van der Waals surface area contributed by atoms with Gasteiger partial charge in [-0.15, -0.1) is 0 Å². The van der Waals surface area contributed by atoms with Crippen LogP contribution in [-0.4, -0.2) is 21.0 Å². The summed E-state index contributed by atoms with van der Waals surface area (Å²) in [6, 6.07) is 0. The highest BCUT2D eigenvalue weighted by molar-refractivity contribution is 6.31. The van der Waals surface area contributed by atoms with E-state index >= 15 is 0 Å². The number of hydrogen-bond acceptors (Lipinski definition) is 2. The minimum Gasteiger partial charge on any atom is -0.393 e. The lowest BCUT2D eigenvalue weighted by Crippen LogP contribution is -2.31. The molecule has 4 heteroatoms. The van der Waals surface area contributed by atoms with Gasteiger partial charge >= 0.3 is 0 Å². The molecule has 3 nitrogen and oxygen atoms in total. The molecule has 1 heterocycles. The molecular formula is C17H29ClN2O. The van der Waals surface area contributed by atoms with Crippen molar-refractivity contribution in [3.63, 3.8) is 0 Å². The summed E-state index contributed by atoms with van der Waals surface area (Å²) in [7, 11) is 0. The van der Waals surface area contributed by atoms with Crippen LogP contribution in [0.25, 0.3) is 0 Å². The first kappa shape index (κ1) is 16.8. The summed E-state index contributed by atoms with van der Waals surface area (Å²) in [4.78, 5) is 0. The molecule has 2 rings (SSSR count). The van der Waals surface area contributed by atoms with Gasteiger partial charge in [-0.2, -0.15) is 5.10 Å². The fourth-order valence-corrected chi connectivity index (χ4v) is 4.04. The summed E-state index contributed by atoms with van der Waals surface area (Å²) < 4.78 is 2.03. The first-order valence-electron chi connectivity index (χ1n) is 8.52. The Hall–Kier alpha value is -0.540. The molecule has 120 valence electrons. The Bertz CT molecular complexity index is 458. The summed E-state index contributed by atoms with van der Waals surface area (Å²) in [5, 5.41) is 15.8. The van der Waals surface area contributed by atoms with E-state index in [0.717, 1.165) is 54.6 Å². The molecule has 0 aliphatic heterocycles. The van der Waals surface area contributed by atoms with Gasteiger partial charge in [-0.3, -0.25) is 4.68 Å². The van der Waals surface area contributed by atoms with E-state index in [9.17, 15) is 5.11 Å². The highest BCUT2D eigenvalue weighted by Gasteiger charge is 2.30. The van der Waals surface area contributed by atoms with E-state index in [4.69, 9.17) is 11.6 Å². The zero-order valence-electron chi connectivity index (χ0n) is 13.6. The first-order chi connectivity index (χ1) is 10.1. The minimum atomic E-state index is -0.181. The Balaban J connectivity index is 2.14. The summed E-state index contributed by atoms with van der Waals surface area (Å²) in [5.41, 5.74) is 2.11. The molecule has 0 spiro atoms. The van der Waals surface area contributed by atoms with Gasteiger partial charge < -0.3 is 5.11 Å². The second-order valence-corrected chi connectivity index (χ2v) is 6.75. The van der Waals surface area contributed by atoms with Crippen molar-refractivity contribution in [3.8, 4) is 0 Å². The van der Waals surface area contributed by atoms with Crippen molar-refractivity contribution < 1.29 is 5.11 Å². The smallest absolute Gasteiger partial charge is 0.0849 e. The number of nitrogens with zero attached hydrogens (tertiary/aromatic N) is 2. The molecule has 0 amide bonds. The second-order valence-electron chi connectivity index (χ2n) is 6.38. The molecule has 3 unspecified atom stereocenters. The van der Waals surface area contributed by atoms with E-state index in [1.54, 1.807) is 0 Å². The molecule has 3 atom stereocenters. The van der Waals surface area contributed by atoms with Gasteiger partial charge in [-0.1, -0.05) is 38.3 Å². The highest BCUT2D eigenvalue weighted by atomic mass is 35.5. The summed E-state index contributed by atoms with van der Waals surface area (Å²) in [6.07, 6.45) is 7.30. The second kappa shape index (κ2) is 7.64. The SMILES string of the molecule is CCCC1CCC(O)C(Cc2c(Cl)c(CC)nn2CC)C1. The number of aliphatic hydroxyl groups excluding tert-OH is 1. The largest absolute Gasteiger partial charge is 0.393 e. The summed E-state index contributed by atoms with van der Waals surface area (Å²) >= 11 is 6.51. The quantitative estimate of drug-likeness (QED) is 0.853. The monoisotopic (exact) mass is 312 g/mol. The maximum absolute atomic E-state index is 10.4. The number of hydrogen-bond donors (Lipinski definition) is 1. The topological polar surface area (TPSA) is 38.1 Å². The third-order valence-electron chi connectivity index (χ3n) is 4.90. The number of halogens is 1. The molecule has 1 aromatic heterocycles. The Labute approximate surface area is 133 Å². The fourth-order valence-electron chi connectivity index (χ4n) is 3.70. The lowest BCUT2D eigenvalue weighted by atomic mass is 9.76. The Kier molecular flexibility index (Phi) is 6.12. The van der Waals surface area contributed by atoms with Gasteiger partial charge in [0.2, 0.25) is 0 Å². The zero-order valence-corrected chi connectivity index (χ0v) is 14.4. The van der Waals surface area contributed by atoms with Gasteiger partial charge in [0.25, 0.3) is 0 Å². The third-order valence-corrected chi connectivity index (χ3v) is 5.33. The lowest BCUT2D eigenvalue weighted by molar-refractivity contribution is 0.0453. The van der Waals surface area contributed by atoms with E-state index in [2.05, 4.69) is 25.9 Å². The molecule has 0 radical (unpaired) electrons. The number of rotatable bonds is 6. The van der Waals surface area contributed by atoms with Crippen LogP contribution in [0.1, 0.15) is 64.3 Å². The third kappa shape index (κ3) is 3.81. The van der Waals surface area contributed by atoms with Crippen molar-refractivity contribution in [1.29, 1.82) is 0 Å². The van der Waals surface area contributed by atoms with Crippen LogP contribution in [0.2, 0.25) is 5.02 Å². The van der Waals surface area contributed by atoms with E-state index in [1.165, 1.54) is 19.3 Å². The molecule has 1 N–H and O–H groups in total. The van der Waals surface area contributed by atoms with Crippen LogP contribution >= 0.6 is 11.6 Å². The average molecular weight is 313 g/mol. The minimum absolute atomic E-state index is 0.181. The lowest BCUT2D eigenvalue weighted by Gasteiger charge is -2.33. The average Bonchev–Trinajstić information content (AvgIpc) is 2.79. The summed E-state index contributed by atoms with van der Waals surface area (Å²) in [6.45, 7) is 7.28. The number of aryl methyl sites for hydroxylation is 2. The molecule has 0 bridgehead atoms. The Morgan fingerprint density at radius 3 is 2.67 bits per heavy atom. The molecule has 1 aromatic rings. The predicted molar refractivity (Wildman–Crippen MR) is 87.7 cm³/mol. The van der Waals surface area contributed by atoms with Crippen molar-refractivity contribution in [2.45, 2.75) is 78.4 Å². The zero-order chi connectivity index (χ0) is 15.4. The molecule has 1 aliphatic rings. The van der Waals surface area contributed by atoms with E-state index in [-0.39, 0.29) is 6.10 Å². The van der Waals surface area contributed by atoms with Crippen LogP contribution in [0.4, 0.5) is 0 Å². The van der Waals surface area contributed by atoms with Gasteiger partial charge in [0.15, 0.2) is 0 Å². The standard InChI is InChI=1S/C17H29ClN2O/c1-4-7-12-8-9-16(21)13(10-12)11-15-17(18)14(5-2)19-20(15)6-3/h12-13,16,21H,4-11H2,1-3H3. The molecule has 21 heavy (non-hydrogen) atoms. The van der Waals surface area contributed by atoms with Gasteiger partial charge in [0, 0.05) is 6.54 Å². The molecule has 0 saturated heterocycles. The summed E-state index contributed by atoms with van der Waals surface area (Å²) in [5.74, 6) is 1.10. The van der Waals surface area contributed by atoms with Crippen LogP contribution in [0, 0.1) is 11.8 Å². The fraction of sp³-hybridized carbons (Fsp3) is 0.824. The maximum atomic E-state index is 10.4. The normalized spacial score (nSPS) is 26.2. The van der Waals surface area contributed by atoms with Crippen LogP contribution in [0.5, 0.6) is 0 Å². The van der Waals surface area contributed by atoms with Crippen molar-refractivity contribution in [3.05, 3.63) is 16.4 Å². The van der Waals surface area contributed by atoms with Crippen molar-refractivity contribution >= 4 is 11.6 Å². The van der Waals surface area contributed by atoms with Gasteiger partial charge in [0.05, 0.1) is 22.5 Å².